The SMILES string of the molecule is COC(=O)C[C@]1(N2CNNC2=O)CC[C@@](CO[C@H](C)c2cc(C(F)(F)F)cc(C(F)(F)F)c2)(c2ccccc2)NC1. The molecular formula is C27H30F6N4O4. The number of esters is 1. The van der Waals surface area contributed by atoms with Gasteiger partial charge in [-0.15, -0.1) is 0 Å². The number of carbonyl (C=O) groups is 2. The molecule has 2 aliphatic heterocycles. The lowest BCUT2D eigenvalue weighted by atomic mass is 9.74. The first-order chi connectivity index (χ1) is 19.2. The van der Waals surface area contributed by atoms with E-state index in [1.165, 1.54) is 18.9 Å². The van der Waals surface area contributed by atoms with E-state index in [1.54, 1.807) is 18.2 Å². The third-order valence-electron chi connectivity index (χ3n) is 7.71. The van der Waals surface area contributed by atoms with Gasteiger partial charge >= 0.3 is 24.4 Å². The second-order valence-electron chi connectivity index (χ2n) is 10.3. The summed E-state index contributed by atoms with van der Waals surface area (Å²) in [5, 5.41) is 3.40. The molecule has 0 aromatic heterocycles. The lowest BCUT2D eigenvalue weighted by Gasteiger charge is -2.50. The Balaban J connectivity index is 1.62. The molecule has 0 bridgehead atoms. The Morgan fingerprint density at radius 3 is 2.15 bits per heavy atom. The van der Waals surface area contributed by atoms with Gasteiger partial charge in [-0.3, -0.25) is 10.2 Å². The van der Waals surface area contributed by atoms with E-state index in [9.17, 15) is 35.9 Å². The summed E-state index contributed by atoms with van der Waals surface area (Å²) < 4.78 is 91.3. The average molecular weight is 589 g/mol. The minimum atomic E-state index is -4.98. The first kappa shape index (κ1) is 30.6. The molecule has 0 spiro atoms. The van der Waals surface area contributed by atoms with Gasteiger partial charge in [-0.2, -0.15) is 26.3 Å². The molecule has 0 aliphatic carbocycles. The number of hydrazine groups is 1. The van der Waals surface area contributed by atoms with Crippen LogP contribution in [0.1, 0.15) is 54.5 Å². The van der Waals surface area contributed by atoms with Gasteiger partial charge in [0.05, 0.1) is 55.1 Å². The maximum absolute atomic E-state index is 13.4. The molecule has 2 saturated heterocycles. The van der Waals surface area contributed by atoms with Crippen LogP contribution in [0.25, 0.3) is 0 Å². The number of carbonyl (C=O) groups excluding carboxylic acids is 2. The molecule has 0 saturated carbocycles. The van der Waals surface area contributed by atoms with Gasteiger partial charge in [0.25, 0.3) is 0 Å². The zero-order valence-electron chi connectivity index (χ0n) is 22.3. The van der Waals surface area contributed by atoms with Gasteiger partial charge in [0.1, 0.15) is 0 Å². The smallest absolute Gasteiger partial charge is 0.416 e. The fraction of sp³-hybridized carbons (Fsp3) is 0.481. The summed E-state index contributed by atoms with van der Waals surface area (Å²) in [6, 6.07) is 10.00. The average Bonchev–Trinajstić information content (AvgIpc) is 3.38. The van der Waals surface area contributed by atoms with Crippen molar-refractivity contribution in [3.63, 3.8) is 0 Å². The summed E-state index contributed by atoms with van der Waals surface area (Å²) >= 11 is 0. The summed E-state index contributed by atoms with van der Waals surface area (Å²) in [5.41, 5.74) is 1.000. The number of hydrogen-bond acceptors (Lipinski definition) is 6. The van der Waals surface area contributed by atoms with Crippen molar-refractivity contribution in [1.82, 2.24) is 21.1 Å². The number of methoxy groups -OCH3 is 1. The Hall–Kier alpha value is -3.36. The molecule has 8 nitrogen and oxygen atoms in total. The van der Waals surface area contributed by atoms with Gasteiger partial charge in [-0.05, 0) is 49.1 Å². The zero-order valence-corrected chi connectivity index (χ0v) is 22.3. The molecule has 2 aliphatic rings. The van der Waals surface area contributed by atoms with Crippen LogP contribution in [0, 0.1) is 0 Å². The highest BCUT2D eigenvalue weighted by Gasteiger charge is 2.50. The van der Waals surface area contributed by atoms with Crippen LogP contribution in [0.15, 0.2) is 48.5 Å². The van der Waals surface area contributed by atoms with Crippen molar-refractivity contribution in [3.8, 4) is 0 Å². The van der Waals surface area contributed by atoms with Gasteiger partial charge in [0.15, 0.2) is 0 Å². The van der Waals surface area contributed by atoms with Crippen molar-refractivity contribution >= 4 is 12.0 Å². The summed E-state index contributed by atoms with van der Waals surface area (Å²) in [6.45, 7) is 1.54. The minimum Gasteiger partial charge on any atom is -0.469 e. The van der Waals surface area contributed by atoms with Crippen LogP contribution >= 0.6 is 0 Å². The van der Waals surface area contributed by atoms with Crippen molar-refractivity contribution in [1.29, 1.82) is 0 Å². The molecule has 224 valence electrons. The molecule has 2 aromatic rings. The lowest BCUT2D eigenvalue weighted by Crippen LogP contribution is -2.65. The number of benzene rings is 2. The van der Waals surface area contributed by atoms with Crippen LogP contribution in [0.2, 0.25) is 0 Å². The molecule has 0 radical (unpaired) electrons. The number of nitrogens with zero attached hydrogens (tertiary/aromatic N) is 1. The fourth-order valence-corrected chi connectivity index (χ4v) is 5.28. The maximum atomic E-state index is 13.4. The molecule has 4 rings (SSSR count). The largest absolute Gasteiger partial charge is 0.469 e. The van der Waals surface area contributed by atoms with E-state index in [1.807, 2.05) is 12.1 Å². The fourth-order valence-electron chi connectivity index (χ4n) is 5.28. The van der Waals surface area contributed by atoms with Crippen molar-refractivity contribution in [2.24, 2.45) is 0 Å². The molecule has 14 heteroatoms. The first-order valence-electron chi connectivity index (χ1n) is 12.8. The molecule has 2 amide bonds. The molecule has 3 N–H and O–H groups in total. The van der Waals surface area contributed by atoms with Gasteiger partial charge in [-0.1, -0.05) is 30.3 Å². The van der Waals surface area contributed by atoms with E-state index in [0.29, 0.717) is 25.0 Å². The number of amides is 2. The number of alkyl halides is 6. The lowest BCUT2D eigenvalue weighted by molar-refractivity contribution is -0.145. The van der Waals surface area contributed by atoms with Crippen LogP contribution in [0.5, 0.6) is 0 Å². The summed E-state index contributed by atoms with van der Waals surface area (Å²) in [4.78, 5) is 26.4. The number of urea groups is 1. The van der Waals surface area contributed by atoms with Gasteiger partial charge < -0.3 is 19.7 Å². The third-order valence-corrected chi connectivity index (χ3v) is 7.71. The van der Waals surface area contributed by atoms with Crippen LogP contribution in [0.3, 0.4) is 0 Å². The predicted octanol–water partition coefficient (Wildman–Crippen LogP) is 4.87. The monoisotopic (exact) mass is 588 g/mol. The summed E-state index contributed by atoms with van der Waals surface area (Å²) in [7, 11) is 1.25. The number of ether oxygens (including phenoxy) is 2. The number of hydrogen-bond donors (Lipinski definition) is 3. The van der Waals surface area contributed by atoms with Gasteiger partial charge in [0.2, 0.25) is 0 Å². The van der Waals surface area contributed by atoms with Crippen LogP contribution in [-0.4, -0.2) is 49.4 Å². The third kappa shape index (κ3) is 6.60. The van der Waals surface area contributed by atoms with Crippen LogP contribution in [-0.2, 0) is 32.2 Å². The Kier molecular flexibility index (Phi) is 8.58. The highest BCUT2D eigenvalue weighted by Crippen LogP contribution is 2.41. The topological polar surface area (TPSA) is 91.9 Å². The summed E-state index contributed by atoms with van der Waals surface area (Å²) in [5.74, 6) is -0.520. The van der Waals surface area contributed by atoms with E-state index in [4.69, 9.17) is 9.47 Å². The van der Waals surface area contributed by atoms with Crippen LogP contribution < -0.4 is 16.2 Å². The standard InChI is InChI=1S/C27H30F6N4O4/c1-17(18-10-20(26(28,29)30)12-21(11-18)27(31,32)33)41-15-25(19-6-4-3-5-7-19)9-8-24(14-34-25,13-22(38)40-2)37-16-35-36-23(37)39/h3-7,10-12,17,34-35H,8-9,13-16H2,1-2H3,(H,36,39)/t17-,24-,25-/m1/s1. The van der Waals surface area contributed by atoms with Crippen LogP contribution in [0.4, 0.5) is 31.1 Å². The maximum Gasteiger partial charge on any atom is 0.416 e. The Morgan fingerprint density at radius 2 is 1.66 bits per heavy atom. The van der Waals surface area contributed by atoms with Crippen molar-refractivity contribution in [2.45, 2.75) is 55.7 Å². The highest BCUT2D eigenvalue weighted by molar-refractivity contribution is 5.78. The molecule has 2 heterocycles. The number of nitrogens with one attached hydrogen (secondary N) is 3. The van der Waals surface area contributed by atoms with Gasteiger partial charge in [0, 0.05) is 6.54 Å². The Morgan fingerprint density at radius 1 is 1.02 bits per heavy atom. The molecule has 2 aromatic carbocycles. The predicted molar refractivity (Wildman–Crippen MR) is 134 cm³/mol. The molecule has 0 unspecified atom stereocenters. The molecule has 3 atom stereocenters. The number of rotatable bonds is 8. The first-order valence-corrected chi connectivity index (χ1v) is 12.8. The highest BCUT2D eigenvalue weighted by atomic mass is 19.4. The van der Waals surface area contributed by atoms with E-state index < -0.39 is 52.7 Å². The minimum absolute atomic E-state index is 0.0780. The quantitative estimate of drug-likeness (QED) is 0.301. The zero-order chi connectivity index (χ0) is 30.1. The normalized spacial score (nSPS) is 24.2. The second kappa shape index (κ2) is 11.5. The van der Waals surface area contributed by atoms with Gasteiger partial charge in [-0.25, -0.2) is 10.2 Å². The van der Waals surface area contributed by atoms with Crippen molar-refractivity contribution < 1.29 is 45.4 Å². The Labute approximate surface area is 232 Å². The van der Waals surface area contributed by atoms with Crippen molar-refractivity contribution in [2.75, 3.05) is 26.9 Å². The van der Waals surface area contributed by atoms with E-state index in [-0.39, 0.29) is 37.9 Å². The molecule has 2 fully saturated rings. The molecule has 41 heavy (non-hydrogen) atoms. The van der Waals surface area contributed by atoms with E-state index in [2.05, 4.69) is 16.2 Å². The van der Waals surface area contributed by atoms with E-state index >= 15 is 0 Å². The summed E-state index contributed by atoms with van der Waals surface area (Å²) in [6.07, 6.45) is -10.6. The van der Waals surface area contributed by atoms with Crippen molar-refractivity contribution in [3.05, 3.63) is 70.8 Å². The number of halogens is 6. The Bertz CT molecular complexity index is 1210. The second-order valence-corrected chi connectivity index (χ2v) is 10.3. The molecular weight excluding hydrogens is 558 g/mol. The van der Waals surface area contributed by atoms with E-state index in [0.717, 1.165) is 5.56 Å². The number of piperidine rings is 1.